The van der Waals surface area contributed by atoms with Gasteiger partial charge >= 0.3 is 6.09 Å². The first-order chi connectivity index (χ1) is 16.1. The minimum absolute atomic E-state index is 0.0543. The highest BCUT2D eigenvalue weighted by Gasteiger charge is 2.32. The van der Waals surface area contributed by atoms with Gasteiger partial charge in [-0.3, -0.25) is 9.59 Å². The first-order valence-corrected chi connectivity index (χ1v) is 12.0. The largest absolute Gasteiger partial charge is 0.497 e. The Bertz CT molecular complexity index is 891. The molecule has 8 heteroatoms. The molecule has 2 aliphatic heterocycles. The van der Waals surface area contributed by atoms with Gasteiger partial charge in [-0.1, -0.05) is 12.1 Å². The Kier molecular flexibility index (Phi) is 8.58. The predicted octanol–water partition coefficient (Wildman–Crippen LogP) is 3.46. The molecule has 1 aromatic carbocycles. The van der Waals surface area contributed by atoms with Crippen molar-refractivity contribution in [2.75, 3.05) is 33.3 Å². The summed E-state index contributed by atoms with van der Waals surface area (Å²) in [5.74, 6) is 0.387. The minimum atomic E-state index is -0.563. The van der Waals surface area contributed by atoms with Crippen LogP contribution < -0.4 is 10.1 Å². The fourth-order valence-electron chi connectivity index (χ4n) is 4.29. The van der Waals surface area contributed by atoms with Crippen LogP contribution in [0.25, 0.3) is 6.08 Å². The summed E-state index contributed by atoms with van der Waals surface area (Å²) < 4.78 is 10.6. The van der Waals surface area contributed by atoms with Gasteiger partial charge in [-0.15, -0.1) is 0 Å². The zero-order chi connectivity index (χ0) is 24.7. The van der Waals surface area contributed by atoms with Crippen molar-refractivity contribution in [1.82, 2.24) is 15.1 Å². The average Bonchev–Trinajstić information content (AvgIpc) is 2.82. The molecule has 8 nitrogen and oxygen atoms in total. The predicted molar refractivity (Wildman–Crippen MR) is 130 cm³/mol. The quantitative estimate of drug-likeness (QED) is 0.665. The zero-order valence-electron chi connectivity index (χ0n) is 20.7. The molecule has 2 aliphatic rings. The normalized spacial score (nSPS) is 21.3. The van der Waals surface area contributed by atoms with E-state index in [1.165, 1.54) is 0 Å². The highest BCUT2D eigenvalue weighted by atomic mass is 16.6. The summed E-state index contributed by atoms with van der Waals surface area (Å²) >= 11 is 0. The first kappa shape index (κ1) is 25.6. The SMILES string of the molecule is COc1ccc(/C=C/C(=O)N2CCC[C@@H](NC(=O)[C@@H]3CCCN(C(=O)OC(C)(C)C)C3)C2)cc1. The Hall–Kier alpha value is -3.03. The number of piperidine rings is 2. The van der Waals surface area contributed by atoms with Gasteiger partial charge in [0.1, 0.15) is 11.4 Å². The van der Waals surface area contributed by atoms with Gasteiger partial charge in [-0.2, -0.15) is 0 Å². The highest BCUT2D eigenvalue weighted by Crippen LogP contribution is 2.21. The van der Waals surface area contributed by atoms with Crippen LogP contribution in [0.1, 0.15) is 52.0 Å². The van der Waals surface area contributed by atoms with Crippen molar-refractivity contribution < 1.29 is 23.9 Å². The van der Waals surface area contributed by atoms with Crippen LogP contribution in [0.3, 0.4) is 0 Å². The van der Waals surface area contributed by atoms with Crippen LogP contribution in [0.4, 0.5) is 4.79 Å². The number of hydrogen-bond acceptors (Lipinski definition) is 5. The highest BCUT2D eigenvalue weighted by molar-refractivity contribution is 5.92. The van der Waals surface area contributed by atoms with E-state index < -0.39 is 5.60 Å². The molecule has 2 fully saturated rings. The third-order valence-corrected chi connectivity index (χ3v) is 6.06. The van der Waals surface area contributed by atoms with Crippen LogP contribution in [-0.2, 0) is 14.3 Å². The van der Waals surface area contributed by atoms with Crippen molar-refractivity contribution in [3.05, 3.63) is 35.9 Å². The first-order valence-electron chi connectivity index (χ1n) is 12.0. The molecule has 0 radical (unpaired) electrons. The zero-order valence-corrected chi connectivity index (χ0v) is 20.7. The van der Waals surface area contributed by atoms with Gasteiger partial charge in [0, 0.05) is 38.3 Å². The number of likely N-dealkylation sites (tertiary alicyclic amines) is 2. The molecule has 186 valence electrons. The third-order valence-electron chi connectivity index (χ3n) is 6.06. The molecule has 2 saturated heterocycles. The van der Waals surface area contributed by atoms with Crippen molar-refractivity contribution in [3.63, 3.8) is 0 Å². The number of carbonyl (C=O) groups is 3. The lowest BCUT2D eigenvalue weighted by Gasteiger charge is -2.36. The number of nitrogens with one attached hydrogen (secondary N) is 1. The molecule has 2 heterocycles. The van der Waals surface area contributed by atoms with Crippen molar-refractivity contribution in [3.8, 4) is 5.75 Å². The number of hydrogen-bond donors (Lipinski definition) is 1. The van der Waals surface area contributed by atoms with Gasteiger partial charge in [0.05, 0.1) is 13.0 Å². The molecule has 0 bridgehead atoms. The van der Waals surface area contributed by atoms with Gasteiger partial charge in [0.25, 0.3) is 0 Å². The molecule has 0 unspecified atom stereocenters. The minimum Gasteiger partial charge on any atom is -0.497 e. The Morgan fingerprint density at radius 2 is 1.68 bits per heavy atom. The summed E-state index contributed by atoms with van der Waals surface area (Å²) in [4.78, 5) is 41.5. The number of ether oxygens (including phenoxy) is 2. The molecule has 0 saturated carbocycles. The van der Waals surface area contributed by atoms with Crippen LogP contribution >= 0.6 is 0 Å². The fourth-order valence-corrected chi connectivity index (χ4v) is 4.29. The number of benzene rings is 1. The summed E-state index contributed by atoms with van der Waals surface area (Å²) in [6.45, 7) is 7.63. The third kappa shape index (κ3) is 7.50. The molecule has 3 rings (SSSR count). The molecule has 1 aromatic rings. The van der Waals surface area contributed by atoms with E-state index in [1.54, 1.807) is 29.1 Å². The lowest BCUT2D eigenvalue weighted by atomic mass is 9.96. The maximum atomic E-state index is 12.9. The van der Waals surface area contributed by atoms with Crippen molar-refractivity contribution in [2.45, 2.75) is 58.1 Å². The number of nitrogens with zero attached hydrogens (tertiary/aromatic N) is 2. The van der Waals surface area contributed by atoms with Crippen molar-refractivity contribution >= 4 is 24.0 Å². The Morgan fingerprint density at radius 3 is 2.35 bits per heavy atom. The molecule has 0 aliphatic carbocycles. The second-order valence-corrected chi connectivity index (χ2v) is 10.0. The van der Waals surface area contributed by atoms with Gasteiger partial charge in [0.15, 0.2) is 0 Å². The van der Waals surface area contributed by atoms with Crippen LogP contribution in [0.5, 0.6) is 5.75 Å². The topological polar surface area (TPSA) is 88.2 Å². The second-order valence-electron chi connectivity index (χ2n) is 10.0. The average molecular weight is 472 g/mol. The lowest BCUT2D eigenvalue weighted by molar-refractivity contribution is -0.131. The smallest absolute Gasteiger partial charge is 0.410 e. The Labute approximate surface area is 202 Å². The molecule has 3 amide bonds. The molecule has 2 atom stereocenters. The standard InChI is InChI=1S/C26H37N3O5/c1-26(2,3)34-25(32)29-16-5-7-20(17-29)24(31)27-21-8-6-15-28(18-21)23(30)14-11-19-9-12-22(33-4)13-10-19/h9-14,20-21H,5-8,15-18H2,1-4H3,(H,27,31)/b14-11+/t20-,21-/m1/s1. The van der Waals surface area contributed by atoms with E-state index in [-0.39, 0.29) is 29.9 Å². The molecule has 1 N–H and O–H groups in total. The fraction of sp³-hybridized carbons (Fsp3) is 0.577. The number of amides is 3. The van der Waals surface area contributed by atoms with E-state index in [2.05, 4.69) is 5.32 Å². The van der Waals surface area contributed by atoms with Crippen molar-refractivity contribution in [2.24, 2.45) is 5.92 Å². The van der Waals surface area contributed by atoms with E-state index in [0.717, 1.165) is 37.0 Å². The van der Waals surface area contributed by atoms with Gasteiger partial charge in [-0.05, 0) is 70.2 Å². The summed E-state index contributed by atoms with van der Waals surface area (Å²) in [5, 5.41) is 3.12. The van der Waals surface area contributed by atoms with Gasteiger partial charge in [-0.25, -0.2) is 4.79 Å². The lowest BCUT2D eigenvalue weighted by Crippen LogP contribution is -2.53. The number of carbonyl (C=O) groups excluding carboxylic acids is 3. The maximum Gasteiger partial charge on any atom is 0.410 e. The summed E-state index contributed by atoms with van der Waals surface area (Å²) in [6, 6.07) is 7.41. The Balaban J connectivity index is 1.50. The van der Waals surface area contributed by atoms with Gasteiger partial charge < -0.3 is 24.6 Å². The maximum absolute atomic E-state index is 12.9. The molecular formula is C26H37N3O5. The van der Waals surface area contributed by atoms with Gasteiger partial charge in [0.2, 0.25) is 11.8 Å². The molecule has 34 heavy (non-hydrogen) atoms. The van der Waals surface area contributed by atoms with Crippen LogP contribution in [-0.4, -0.2) is 72.6 Å². The number of rotatable bonds is 5. The van der Waals surface area contributed by atoms with E-state index in [9.17, 15) is 14.4 Å². The molecular weight excluding hydrogens is 434 g/mol. The van der Waals surface area contributed by atoms with Crippen molar-refractivity contribution in [1.29, 1.82) is 0 Å². The van der Waals surface area contributed by atoms with Crippen LogP contribution in [0.15, 0.2) is 30.3 Å². The number of methoxy groups -OCH3 is 1. The van der Waals surface area contributed by atoms with E-state index in [1.807, 2.05) is 45.0 Å². The van der Waals surface area contributed by atoms with E-state index in [4.69, 9.17) is 9.47 Å². The summed E-state index contributed by atoms with van der Waals surface area (Å²) in [7, 11) is 1.62. The summed E-state index contributed by atoms with van der Waals surface area (Å²) in [5.41, 5.74) is 0.356. The molecule has 0 aromatic heterocycles. The Morgan fingerprint density at radius 1 is 1.00 bits per heavy atom. The van der Waals surface area contributed by atoms with Crippen LogP contribution in [0, 0.1) is 5.92 Å². The monoisotopic (exact) mass is 471 g/mol. The second kappa shape index (κ2) is 11.4. The van der Waals surface area contributed by atoms with E-state index in [0.29, 0.717) is 26.2 Å². The molecule has 0 spiro atoms. The van der Waals surface area contributed by atoms with E-state index >= 15 is 0 Å². The summed E-state index contributed by atoms with van der Waals surface area (Å²) in [6.07, 6.45) is 6.17. The van der Waals surface area contributed by atoms with Crippen LogP contribution in [0.2, 0.25) is 0 Å².